The summed E-state index contributed by atoms with van der Waals surface area (Å²) in [5.41, 5.74) is 1.65. The lowest BCUT2D eigenvalue weighted by Gasteiger charge is -2.06. The largest absolute Gasteiger partial charge is 0.293 e. The van der Waals surface area contributed by atoms with Crippen molar-refractivity contribution in [3.8, 4) is 11.8 Å². The zero-order valence-corrected chi connectivity index (χ0v) is 13.3. The van der Waals surface area contributed by atoms with E-state index in [1.54, 1.807) is 18.3 Å². The molecule has 2 heterocycles. The molecule has 0 radical (unpaired) electrons. The van der Waals surface area contributed by atoms with Crippen molar-refractivity contribution in [2.75, 3.05) is 0 Å². The normalized spacial score (nSPS) is 10.3. The number of benzene rings is 1. The van der Waals surface area contributed by atoms with Crippen molar-refractivity contribution >= 4 is 22.5 Å². The zero-order chi connectivity index (χ0) is 16.2. The average molecular weight is 324 g/mol. The fraction of sp³-hybridized carbons (Fsp3) is 0.167. The quantitative estimate of drug-likeness (QED) is 0.680. The first-order chi connectivity index (χ1) is 11.2. The Morgan fingerprint density at radius 1 is 1.26 bits per heavy atom. The van der Waals surface area contributed by atoms with E-state index in [0.29, 0.717) is 28.2 Å². The molecule has 0 unspecified atom stereocenters. The first kappa shape index (κ1) is 15.3. The van der Waals surface area contributed by atoms with E-state index in [1.807, 2.05) is 31.2 Å². The SMILES string of the molecule is CCC#Cc1ccc2cnn(Cc3cccc(Cl)c3)c(=O)c2n1. The summed E-state index contributed by atoms with van der Waals surface area (Å²) in [4.78, 5) is 17.0. The molecule has 1 aromatic carbocycles. The van der Waals surface area contributed by atoms with E-state index < -0.39 is 0 Å². The highest BCUT2D eigenvalue weighted by Gasteiger charge is 2.07. The maximum Gasteiger partial charge on any atom is 0.293 e. The van der Waals surface area contributed by atoms with Crippen molar-refractivity contribution < 1.29 is 0 Å². The monoisotopic (exact) mass is 323 g/mol. The van der Waals surface area contributed by atoms with Crippen molar-refractivity contribution in [1.29, 1.82) is 0 Å². The summed E-state index contributed by atoms with van der Waals surface area (Å²) in [5, 5.41) is 5.55. The number of halogens is 1. The Morgan fingerprint density at radius 3 is 2.91 bits per heavy atom. The van der Waals surface area contributed by atoms with Crippen LogP contribution < -0.4 is 5.56 Å². The van der Waals surface area contributed by atoms with Gasteiger partial charge in [-0.05, 0) is 35.7 Å². The van der Waals surface area contributed by atoms with E-state index in [2.05, 4.69) is 21.9 Å². The van der Waals surface area contributed by atoms with Gasteiger partial charge in [-0.3, -0.25) is 4.79 Å². The first-order valence-corrected chi connectivity index (χ1v) is 7.65. The Balaban J connectivity index is 2.05. The summed E-state index contributed by atoms with van der Waals surface area (Å²) < 4.78 is 1.39. The van der Waals surface area contributed by atoms with Crippen LogP contribution in [0.5, 0.6) is 0 Å². The zero-order valence-electron chi connectivity index (χ0n) is 12.6. The number of hydrogen-bond donors (Lipinski definition) is 0. The van der Waals surface area contributed by atoms with Gasteiger partial charge in [0.1, 0.15) is 11.2 Å². The maximum atomic E-state index is 12.6. The van der Waals surface area contributed by atoms with E-state index in [9.17, 15) is 4.79 Å². The molecule has 4 nitrogen and oxygen atoms in total. The van der Waals surface area contributed by atoms with Crippen LogP contribution in [0.4, 0.5) is 0 Å². The van der Waals surface area contributed by atoms with Crippen LogP contribution >= 0.6 is 11.6 Å². The predicted octanol–water partition coefficient (Wildman–Crippen LogP) is 3.25. The molecule has 0 saturated carbocycles. The van der Waals surface area contributed by atoms with Gasteiger partial charge in [-0.2, -0.15) is 5.10 Å². The molecule has 0 amide bonds. The molecule has 5 heteroatoms. The van der Waals surface area contributed by atoms with Gasteiger partial charge in [0.25, 0.3) is 5.56 Å². The third-order valence-corrected chi connectivity index (χ3v) is 3.55. The third-order valence-electron chi connectivity index (χ3n) is 3.31. The molecule has 0 N–H and O–H groups in total. The van der Waals surface area contributed by atoms with Gasteiger partial charge in [0.15, 0.2) is 0 Å². The van der Waals surface area contributed by atoms with E-state index in [1.165, 1.54) is 4.68 Å². The smallest absolute Gasteiger partial charge is 0.265 e. The highest BCUT2D eigenvalue weighted by Crippen LogP contribution is 2.12. The van der Waals surface area contributed by atoms with E-state index in [0.717, 1.165) is 12.0 Å². The fourth-order valence-corrected chi connectivity index (χ4v) is 2.43. The Labute approximate surface area is 138 Å². The molecule has 0 fully saturated rings. The lowest BCUT2D eigenvalue weighted by molar-refractivity contribution is 0.646. The van der Waals surface area contributed by atoms with Crippen LogP contribution in [0.2, 0.25) is 5.02 Å². The van der Waals surface area contributed by atoms with Crippen molar-refractivity contribution in [3.05, 3.63) is 69.2 Å². The molecule has 0 aliphatic heterocycles. The standard InChI is InChI=1S/C18H14ClN3O/c1-2-3-7-16-9-8-14-11-20-22(18(23)17(14)21-16)12-13-5-4-6-15(19)10-13/h4-6,8-11H,2,12H2,1H3. The second kappa shape index (κ2) is 6.64. The molecule has 23 heavy (non-hydrogen) atoms. The first-order valence-electron chi connectivity index (χ1n) is 7.27. The minimum absolute atomic E-state index is 0.234. The van der Waals surface area contributed by atoms with Crippen molar-refractivity contribution in [3.63, 3.8) is 0 Å². The van der Waals surface area contributed by atoms with Gasteiger partial charge in [0.2, 0.25) is 0 Å². The summed E-state index contributed by atoms with van der Waals surface area (Å²) >= 11 is 5.98. The molecule has 0 atom stereocenters. The molecule has 0 spiro atoms. The molecule has 0 saturated heterocycles. The van der Waals surface area contributed by atoms with Gasteiger partial charge in [0, 0.05) is 16.8 Å². The molecule has 3 aromatic rings. The third kappa shape index (κ3) is 3.41. The lowest BCUT2D eigenvalue weighted by Crippen LogP contribution is -2.24. The van der Waals surface area contributed by atoms with Crippen LogP contribution in [0, 0.1) is 11.8 Å². The molecule has 0 bridgehead atoms. The number of nitrogens with zero attached hydrogens (tertiary/aromatic N) is 3. The van der Waals surface area contributed by atoms with E-state index >= 15 is 0 Å². The topological polar surface area (TPSA) is 47.8 Å². The highest BCUT2D eigenvalue weighted by atomic mass is 35.5. The fourth-order valence-electron chi connectivity index (χ4n) is 2.22. The van der Waals surface area contributed by atoms with E-state index in [4.69, 9.17) is 11.6 Å². The van der Waals surface area contributed by atoms with Gasteiger partial charge in [-0.1, -0.05) is 36.6 Å². The summed E-state index contributed by atoms with van der Waals surface area (Å²) in [6, 6.07) is 11.0. The van der Waals surface area contributed by atoms with Crippen LogP contribution in [0.15, 0.2) is 47.4 Å². The van der Waals surface area contributed by atoms with Crippen LogP contribution in [-0.2, 0) is 6.54 Å². The molecule has 114 valence electrons. The summed E-state index contributed by atoms with van der Waals surface area (Å²) in [6.45, 7) is 2.32. The maximum absolute atomic E-state index is 12.6. The summed E-state index contributed by atoms with van der Waals surface area (Å²) in [7, 11) is 0. The van der Waals surface area contributed by atoms with Gasteiger partial charge in [0.05, 0.1) is 12.7 Å². The molecule has 2 aromatic heterocycles. The Morgan fingerprint density at radius 2 is 2.13 bits per heavy atom. The minimum Gasteiger partial charge on any atom is -0.265 e. The Hall–Kier alpha value is -2.64. The summed E-state index contributed by atoms with van der Waals surface area (Å²) in [6.07, 6.45) is 2.39. The summed E-state index contributed by atoms with van der Waals surface area (Å²) in [5.74, 6) is 5.90. The molecule has 3 rings (SSSR count). The lowest BCUT2D eigenvalue weighted by atomic mass is 10.2. The van der Waals surface area contributed by atoms with Crippen LogP contribution in [0.25, 0.3) is 10.9 Å². The Kier molecular flexibility index (Phi) is 4.40. The van der Waals surface area contributed by atoms with Gasteiger partial charge in [-0.25, -0.2) is 9.67 Å². The number of aromatic nitrogens is 3. The molecular weight excluding hydrogens is 310 g/mol. The van der Waals surface area contributed by atoms with Crippen LogP contribution in [-0.4, -0.2) is 14.8 Å². The second-order valence-corrected chi connectivity index (χ2v) is 5.46. The number of hydrogen-bond acceptors (Lipinski definition) is 3. The predicted molar refractivity (Wildman–Crippen MR) is 91.5 cm³/mol. The molecular formula is C18H14ClN3O. The average Bonchev–Trinajstić information content (AvgIpc) is 2.56. The van der Waals surface area contributed by atoms with Crippen molar-refractivity contribution in [2.24, 2.45) is 0 Å². The van der Waals surface area contributed by atoms with Gasteiger partial charge in [-0.15, -0.1) is 0 Å². The van der Waals surface area contributed by atoms with Crippen molar-refractivity contribution in [1.82, 2.24) is 14.8 Å². The van der Waals surface area contributed by atoms with Crippen LogP contribution in [0.1, 0.15) is 24.6 Å². The van der Waals surface area contributed by atoms with Crippen molar-refractivity contribution in [2.45, 2.75) is 19.9 Å². The van der Waals surface area contributed by atoms with Gasteiger partial charge < -0.3 is 0 Å². The number of rotatable bonds is 2. The van der Waals surface area contributed by atoms with E-state index in [-0.39, 0.29) is 5.56 Å². The second-order valence-electron chi connectivity index (χ2n) is 5.03. The molecule has 0 aliphatic rings. The highest BCUT2D eigenvalue weighted by molar-refractivity contribution is 6.30. The number of fused-ring (bicyclic) bond motifs is 1. The minimum atomic E-state index is -0.234. The van der Waals surface area contributed by atoms with Crippen LogP contribution in [0.3, 0.4) is 0 Å². The van der Waals surface area contributed by atoms with Gasteiger partial charge >= 0.3 is 0 Å². The number of pyridine rings is 1. The Bertz CT molecular complexity index is 983. The molecule has 0 aliphatic carbocycles.